The van der Waals surface area contributed by atoms with Gasteiger partial charge in [0.2, 0.25) is 0 Å². The minimum absolute atomic E-state index is 0.188. The molecule has 0 bridgehead atoms. The Balaban J connectivity index is 0.000000459. The molecule has 0 aromatic carbocycles. The first-order valence-corrected chi connectivity index (χ1v) is 7.83. The molecule has 1 amide bonds. The Morgan fingerprint density at radius 2 is 1.65 bits per heavy atom. The fraction of sp³-hybridized carbons (Fsp3) is 0.667. The molecule has 8 heteroatoms. The Labute approximate surface area is 137 Å². The largest absolute Gasteiger partial charge is 0.395 e. The first-order valence-electron chi connectivity index (χ1n) is 7.83. The summed E-state index contributed by atoms with van der Waals surface area (Å²) in [6.07, 6.45) is 6.09. The summed E-state index contributed by atoms with van der Waals surface area (Å²) >= 11 is 0. The molecular weight excluding hydrogens is 298 g/mol. The van der Waals surface area contributed by atoms with E-state index in [-0.39, 0.29) is 31.0 Å². The van der Waals surface area contributed by atoms with Gasteiger partial charge < -0.3 is 26.6 Å². The number of hydrogen-bond donors (Lipinski definition) is 5. The maximum absolute atomic E-state index is 10.3. The molecule has 0 saturated carbocycles. The highest BCUT2D eigenvalue weighted by Crippen LogP contribution is 1.89. The predicted molar refractivity (Wildman–Crippen MR) is 88.9 cm³/mol. The van der Waals surface area contributed by atoms with Crippen LogP contribution in [0.15, 0.2) is 18.6 Å². The number of rotatable bonds is 10. The topological polar surface area (TPSA) is 133 Å². The van der Waals surface area contributed by atoms with Crippen molar-refractivity contribution in [3.8, 4) is 0 Å². The lowest BCUT2D eigenvalue weighted by atomic mass is 10.2. The van der Waals surface area contributed by atoms with Crippen LogP contribution >= 0.6 is 0 Å². The zero-order valence-electron chi connectivity index (χ0n) is 13.9. The smallest absolute Gasteiger partial charge is 0.268 e. The molecule has 0 fully saturated rings. The minimum atomic E-state index is -0.553. The number of primary amides is 1. The Morgan fingerprint density at radius 1 is 1.13 bits per heavy atom. The van der Waals surface area contributed by atoms with Crippen LogP contribution in [0.2, 0.25) is 0 Å². The number of nitrogens with zero attached hydrogens (tertiary/aromatic N) is 2. The average molecular weight is 327 g/mol. The second-order valence-corrected chi connectivity index (χ2v) is 4.94. The first-order chi connectivity index (χ1) is 11.1. The van der Waals surface area contributed by atoms with E-state index in [9.17, 15) is 4.79 Å². The van der Waals surface area contributed by atoms with E-state index in [1.807, 2.05) is 13.8 Å². The average Bonchev–Trinajstić information content (AvgIpc) is 2.60. The van der Waals surface area contributed by atoms with Crippen LogP contribution in [0.1, 0.15) is 37.2 Å². The summed E-state index contributed by atoms with van der Waals surface area (Å²) in [5, 5.41) is 24.3. The third-order valence-corrected chi connectivity index (χ3v) is 3.23. The molecule has 23 heavy (non-hydrogen) atoms. The van der Waals surface area contributed by atoms with Crippen molar-refractivity contribution in [2.24, 2.45) is 5.73 Å². The number of amides is 1. The summed E-state index contributed by atoms with van der Waals surface area (Å²) in [5.41, 5.74) is 5.06. The number of aliphatic hydroxyl groups excluding tert-OH is 2. The van der Waals surface area contributed by atoms with Gasteiger partial charge in [-0.25, -0.2) is 4.98 Å². The Hall–Kier alpha value is -1.61. The van der Waals surface area contributed by atoms with E-state index in [0.29, 0.717) is 0 Å². The van der Waals surface area contributed by atoms with Crippen LogP contribution < -0.4 is 16.4 Å². The van der Waals surface area contributed by atoms with E-state index >= 15 is 0 Å². The van der Waals surface area contributed by atoms with Crippen molar-refractivity contribution >= 4 is 5.91 Å². The van der Waals surface area contributed by atoms with Crippen molar-refractivity contribution in [1.82, 2.24) is 20.6 Å². The van der Waals surface area contributed by atoms with E-state index in [0.717, 1.165) is 25.9 Å². The van der Waals surface area contributed by atoms with Crippen LogP contribution in [0.3, 0.4) is 0 Å². The Morgan fingerprint density at radius 3 is 1.91 bits per heavy atom. The van der Waals surface area contributed by atoms with Gasteiger partial charge in [-0.2, -0.15) is 0 Å². The van der Waals surface area contributed by atoms with Crippen LogP contribution in [0.4, 0.5) is 0 Å². The van der Waals surface area contributed by atoms with Gasteiger partial charge in [-0.1, -0.05) is 13.8 Å². The maximum atomic E-state index is 10.3. The van der Waals surface area contributed by atoms with E-state index in [4.69, 9.17) is 15.9 Å². The quantitative estimate of drug-likeness (QED) is 0.358. The lowest BCUT2D eigenvalue weighted by Gasteiger charge is -2.17. The zero-order chi connectivity index (χ0) is 17.5. The molecule has 1 heterocycles. The molecule has 132 valence electrons. The second-order valence-electron chi connectivity index (χ2n) is 4.94. The van der Waals surface area contributed by atoms with Crippen molar-refractivity contribution in [3.05, 3.63) is 24.3 Å². The van der Waals surface area contributed by atoms with Crippen molar-refractivity contribution in [3.63, 3.8) is 0 Å². The minimum Gasteiger partial charge on any atom is -0.395 e. The van der Waals surface area contributed by atoms with E-state index in [1.165, 1.54) is 18.6 Å². The molecule has 6 N–H and O–H groups in total. The van der Waals surface area contributed by atoms with E-state index in [1.54, 1.807) is 0 Å². The number of carbonyl (C=O) groups is 1. The highest BCUT2D eigenvalue weighted by atomic mass is 16.3. The third-order valence-electron chi connectivity index (χ3n) is 3.23. The number of nitrogens with two attached hydrogens (primary N) is 1. The first kappa shape index (κ1) is 21.4. The monoisotopic (exact) mass is 327 g/mol. The fourth-order valence-electron chi connectivity index (χ4n) is 1.65. The summed E-state index contributed by atoms with van der Waals surface area (Å²) in [6, 6.07) is 0.400. The highest BCUT2D eigenvalue weighted by molar-refractivity contribution is 5.90. The number of nitrogens with one attached hydrogen (secondary N) is 2. The van der Waals surface area contributed by atoms with Gasteiger partial charge >= 0.3 is 0 Å². The van der Waals surface area contributed by atoms with Crippen LogP contribution in [0, 0.1) is 0 Å². The summed E-state index contributed by atoms with van der Waals surface area (Å²) in [4.78, 5) is 17.6. The predicted octanol–water partition coefficient (Wildman–Crippen LogP) is -0.717. The Bertz CT molecular complexity index is 383. The highest BCUT2D eigenvalue weighted by Gasteiger charge is 2.04. The zero-order valence-corrected chi connectivity index (χ0v) is 13.9. The van der Waals surface area contributed by atoms with Gasteiger partial charge in [-0.15, -0.1) is 0 Å². The SMILES string of the molecule is CC[C@@H](CO)NCCN[C@@H](CC)CO.NC(=O)c1cnccn1. The van der Waals surface area contributed by atoms with E-state index < -0.39 is 5.91 Å². The molecule has 0 aliphatic carbocycles. The summed E-state index contributed by atoms with van der Waals surface area (Å²) in [5.74, 6) is -0.553. The molecule has 0 radical (unpaired) electrons. The molecule has 1 aromatic rings. The summed E-state index contributed by atoms with van der Waals surface area (Å²) < 4.78 is 0. The van der Waals surface area contributed by atoms with Crippen molar-refractivity contribution < 1.29 is 15.0 Å². The van der Waals surface area contributed by atoms with Crippen LogP contribution in [0.5, 0.6) is 0 Å². The van der Waals surface area contributed by atoms with Crippen molar-refractivity contribution in [2.45, 2.75) is 38.8 Å². The molecule has 1 rings (SSSR count). The second kappa shape index (κ2) is 14.0. The maximum Gasteiger partial charge on any atom is 0.268 e. The summed E-state index contributed by atoms with van der Waals surface area (Å²) in [7, 11) is 0. The van der Waals surface area contributed by atoms with Crippen LogP contribution in [0.25, 0.3) is 0 Å². The molecule has 0 unspecified atom stereocenters. The van der Waals surface area contributed by atoms with Gasteiger partial charge in [0.05, 0.1) is 19.4 Å². The van der Waals surface area contributed by atoms with Gasteiger partial charge in [-0.05, 0) is 12.8 Å². The van der Waals surface area contributed by atoms with Crippen LogP contribution in [-0.2, 0) is 0 Å². The van der Waals surface area contributed by atoms with Gasteiger partial charge in [0.1, 0.15) is 5.69 Å². The molecule has 0 aliphatic heterocycles. The molecule has 0 saturated heterocycles. The lowest BCUT2D eigenvalue weighted by molar-refractivity contribution is 0.0995. The molecule has 8 nitrogen and oxygen atoms in total. The fourth-order valence-corrected chi connectivity index (χ4v) is 1.65. The normalized spacial score (nSPS) is 12.9. The Kier molecular flexibility index (Phi) is 13.0. The van der Waals surface area contributed by atoms with Gasteiger partial charge in [-0.3, -0.25) is 9.78 Å². The molecular formula is C15H29N5O3. The van der Waals surface area contributed by atoms with Crippen molar-refractivity contribution in [2.75, 3.05) is 26.3 Å². The molecule has 0 spiro atoms. The number of hydrogen-bond acceptors (Lipinski definition) is 7. The third kappa shape index (κ3) is 10.7. The number of aliphatic hydroxyl groups is 2. The van der Waals surface area contributed by atoms with Gasteiger partial charge in [0, 0.05) is 37.6 Å². The molecule has 1 aromatic heterocycles. The number of aromatic nitrogens is 2. The lowest BCUT2D eigenvalue weighted by Crippen LogP contribution is -2.40. The molecule has 2 atom stereocenters. The van der Waals surface area contributed by atoms with Crippen molar-refractivity contribution in [1.29, 1.82) is 0 Å². The standard InChI is InChI=1S/C10H24N2O2.C5H5N3O/c1-3-9(7-13)11-5-6-12-10(4-2)8-14;6-5(9)4-3-7-1-2-8-4/h9-14H,3-8H2,1-2H3;1-3H,(H2,6,9)/t9-,10-;/m0./s1. The summed E-state index contributed by atoms with van der Waals surface area (Å²) in [6.45, 7) is 6.13. The molecule has 0 aliphatic rings. The van der Waals surface area contributed by atoms with Crippen LogP contribution in [-0.4, -0.2) is 64.5 Å². The number of carbonyl (C=O) groups excluding carboxylic acids is 1. The van der Waals surface area contributed by atoms with Gasteiger partial charge in [0.25, 0.3) is 5.91 Å². The van der Waals surface area contributed by atoms with E-state index in [2.05, 4.69) is 20.6 Å². The van der Waals surface area contributed by atoms with Gasteiger partial charge in [0.15, 0.2) is 0 Å².